The monoisotopic (exact) mass is 322 g/mol. The van der Waals surface area contributed by atoms with Crippen LogP contribution in [0.5, 0.6) is 5.75 Å². The Morgan fingerprint density at radius 1 is 1.32 bits per heavy atom. The number of anilines is 2. The number of benzene rings is 1. The first-order valence-electron chi connectivity index (χ1n) is 5.40. The molecule has 0 aliphatic heterocycles. The first-order valence-corrected chi connectivity index (χ1v) is 6.19. The molecule has 0 fully saturated rings. The fourth-order valence-corrected chi connectivity index (χ4v) is 1.94. The highest BCUT2D eigenvalue weighted by Crippen LogP contribution is 2.29. The van der Waals surface area contributed by atoms with Gasteiger partial charge in [-0.15, -0.1) is 0 Å². The molecule has 5 nitrogen and oxygen atoms in total. The van der Waals surface area contributed by atoms with E-state index < -0.39 is 5.97 Å². The van der Waals surface area contributed by atoms with E-state index in [9.17, 15) is 4.79 Å². The number of nitrogens with zero attached hydrogens (tertiary/aromatic N) is 1. The molecule has 1 heterocycles. The molecule has 0 spiro atoms. The molecular weight excluding hydrogens is 312 g/mol. The number of aromatic carboxylic acids is 1. The molecule has 0 aliphatic carbocycles. The van der Waals surface area contributed by atoms with Gasteiger partial charge in [0.15, 0.2) is 0 Å². The van der Waals surface area contributed by atoms with Crippen molar-refractivity contribution in [2.75, 3.05) is 12.4 Å². The van der Waals surface area contributed by atoms with Crippen LogP contribution in [0.1, 0.15) is 10.5 Å². The first kappa shape index (κ1) is 13.4. The Kier molecular flexibility index (Phi) is 4.01. The summed E-state index contributed by atoms with van der Waals surface area (Å²) >= 11 is 3.37. The smallest absolute Gasteiger partial charge is 0.354 e. The topological polar surface area (TPSA) is 71.5 Å². The van der Waals surface area contributed by atoms with Gasteiger partial charge in [-0.05, 0) is 40.2 Å². The van der Waals surface area contributed by atoms with Crippen molar-refractivity contribution in [2.24, 2.45) is 0 Å². The van der Waals surface area contributed by atoms with Crippen molar-refractivity contribution in [3.05, 3.63) is 46.7 Å². The summed E-state index contributed by atoms with van der Waals surface area (Å²) in [4.78, 5) is 14.6. The number of carboxylic acid groups (broad SMARTS) is 1. The highest BCUT2D eigenvalue weighted by Gasteiger charge is 2.06. The van der Waals surface area contributed by atoms with Gasteiger partial charge in [-0.3, -0.25) is 0 Å². The number of hydrogen-bond acceptors (Lipinski definition) is 4. The highest BCUT2D eigenvalue weighted by atomic mass is 79.9. The van der Waals surface area contributed by atoms with E-state index in [2.05, 4.69) is 26.2 Å². The van der Waals surface area contributed by atoms with E-state index >= 15 is 0 Å². The zero-order valence-corrected chi connectivity index (χ0v) is 11.6. The number of nitrogens with one attached hydrogen (secondary N) is 1. The van der Waals surface area contributed by atoms with Crippen molar-refractivity contribution in [2.45, 2.75) is 0 Å². The van der Waals surface area contributed by atoms with Gasteiger partial charge in [0.2, 0.25) is 0 Å². The largest absolute Gasteiger partial charge is 0.495 e. The number of ether oxygens (including phenoxy) is 1. The Bertz CT molecular complexity index is 617. The van der Waals surface area contributed by atoms with E-state index in [0.717, 1.165) is 10.2 Å². The van der Waals surface area contributed by atoms with Gasteiger partial charge in [0, 0.05) is 23.6 Å². The van der Waals surface area contributed by atoms with Crippen molar-refractivity contribution >= 4 is 33.3 Å². The second-order valence-electron chi connectivity index (χ2n) is 3.71. The number of pyridine rings is 1. The lowest BCUT2D eigenvalue weighted by atomic mass is 10.2. The highest BCUT2D eigenvalue weighted by molar-refractivity contribution is 9.10. The summed E-state index contributed by atoms with van der Waals surface area (Å²) in [6, 6.07) is 8.68. The third-order valence-corrected chi connectivity index (χ3v) is 3.07. The molecule has 6 heteroatoms. The van der Waals surface area contributed by atoms with Crippen molar-refractivity contribution in [1.82, 2.24) is 4.98 Å². The number of rotatable bonds is 4. The van der Waals surface area contributed by atoms with E-state index in [1.165, 1.54) is 12.3 Å². The maximum atomic E-state index is 10.8. The molecule has 0 radical (unpaired) electrons. The second-order valence-corrected chi connectivity index (χ2v) is 4.56. The molecule has 0 atom stereocenters. The predicted molar refractivity (Wildman–Crippen MR) is 75.2 cm³/mol. The van der Waals surface area contributed by atoms with E-state index in [1.54, 1.807) is 13.2 Å². The molecule has 2 N–H and O–H groups in total. The van der Waals surface area contributed by atoms with Gasteiger partial charge in [-0.25, -0.2) is 9.78 Å². The van der Waals surface area contributed by atoms with Crippen LogP contribution in [0.15, 0.2) is 41.0 Å². The van der Waals surface area contributed by atoms with Crippen LogP contribution in [0.3, 0.4) is 0 Å². The molecule has 0 unspecified atom stereocenters. The van der Waals surface area contributed by atoms with Crippen molar-refractivity contribution in [1.29, 1.82) is 0 Å². The van der Waals surface area contributed by atoms with Crippen LogP contribution in [-0.4, -0.2) is 23.2 Å². The van der Waals surface area contributed by atoms with E-state index in [-0.39, 0.29) is 5.69 Å². The molecule has 0 saturated heterocycles. The van der Waals surface area contributed by atoms with Gasteiger partial charge >= 0.3 is 5.97 Å². The van der Waals surface area contributed by atoms with E-state index in [0.29, 0.717) is 11.4 Å². The van der Waals surface area contributed by atoms with Gasteiger partial charge in [0.05, 0.1) is 11.6 Å². The SMILES string of the molecule is COc1cc(Nc2ccnc(C(=O)O)c2)ccc1Br. The maximum Gasteiger partial charge on any atom is 0.354 e. The summed E-state index contributed by atoms with van der Waals surface area (Å²) in [5, 5.41) is 12.0. The Balaban J connectivity index is 2.26. The number of carbonyl (C=O) groups is 1. The minimum atomic E-state index is -1.06. The van der Waals surface area contributed by atoms with E-state index in [1.807, 2.05) is 18.2 Å². The van der Waals surface area contributed by atoms with Crippen LogP contribution in [0.4, 0.5) is 11.4 Å². The quantitative estimate of drug-likeness (QED) is 0.903. The van der Waals surface area contributed by atoms with Crippen LogP contribution in [-0.2, 0) is 0 Å². The molecule has 1 aromatic heterocycles. The van der Waals surface area contributed by atoms with Gasteiger partial charge in [0.1, 0.15) is 11.4 Å². The maximum absolute atomic E-state index is 10.8. The lowest BCUT2D eigenvalue weighted by Crippen LogP contribution is -2.01. The summed E-state index contributed by atoms with van der Waals surface area (Å²) in [7, 11) is 1.58. The minimum Gasteiger partial charge on any atom is -0.495 e. The van der Waals surface area contributed by atoms with Crippen LogP contribution >= 0.6 is 15.9 Å². The average Bonchev–Trinajstić information content (AvgIpc) is 2.41. The fraction of sp³-hybridized carbons (Fsp3) is 0.0769. The Labute approximate surface area is 118 Å². The molecule has 2 aromatic rings. The van der Waals surface area contributed by atoms with Gasteiger partial charge < -0.3 is 15.2 Å². The summed E-state index contributed by atoms with van der Waals surface area (Å²) in [5.74, 6) is -0.366. The lowest BCUT2D eigenvalue weighted by Gasteiger charge is -2.09. The molecule has 2 rings (SSSR count). The Morgan fingerprint density at radius 2 is 2.05 bits per heavy atom. The predicted octanol–water partition coefficient (Wildman–Crippen LogP) is 3.29. The molecule has 1 aromatic carbocycles. The number of hydrogen-bond donors (Lipinski definition) is 2. The van der Waals surface area contributed by atoms with Crippen LogP contribution in [0.25, 0.3) is 0 Å². The van der Waals surface area contributed by atoms with Crippen LogP contribution < -0.4 is 10.1 Å². The van der Waals surface area contributed by atoms with Crippen molar-refractivity contribution in [3.8, 4) is 5.75 Å². The number of aromatic nitrogens is 1. The molecular formula is C13H11BrN2O3. The molecule has 0 saturated carbocycles. The van der Waals surface area contributed by atoms with Gasteiger partial charge in [-0.1, -0.05) is 0 Å². The molecule has 0 bridgehead atoms. The fourth-order valence-electron chi connectivity index (χ4n) is 1.53. The van der Waals surface area contributed by atoms with E-state index in [4.69, 9.17) is 9.84 Å². The van der Waals surface area contributed by atoms with Gasteiger partial charge in [0.25, 0.3) is 0 Å². The van der Waals surface area contributed by atoms with Crippen molar-refractivity contribution in [3.63, 3.8) is 0 Å². The number of halogens is 1. The first-order chi connectivity index (χ1) is 9.10. The Hall–Kier alpha value is -2.08. The number of methoxy groups -OCH3 is 1. The molecule has 19 heavy (non-hydrogen) atoms. The molecule has 0 amide bonds. The van der Waals surface area contributed by atoms with Crippen LogP contribution in [0.2, 0.25) is 0 Å². The average molecular weight is 323 g/mol. The third-order valence-electron chi connectivity index (χ3n) is 2.42. The van der Waals surface area contributed by atoms with Crippen LogP contribution in [0, 0.1) is 0 Å². The zero-order chi connectivity index (χ0) is 13.8. The summed E-state index contributed by atoms with van der Waals surface area (Å²) in [6.07, 6.45) is 1.45. The summed E-state index contributed by atoms with van der Waals surface area (Å²) in [6.45, 7) is 0. The second kappa shape index (κ2) is 5.71. The number of carboxylic acids is 1. The lowest BCUT2D eigenvalue weighted by molar-refractivity contribution is 0.0690. The standard InChI is InChI=1S/C13H11BrN2O3/c1-19-12-7-8(2-3-10(12)14)16-9-4-5-15-11(6-9)13(17)18/h2-7H,1H3,(H,15,16)(H,17,18). The third kappa shape index (κ3) is 3.23. The Morgan fingerprint density at radius 3 is 2.74 bits per heavy atom. The zero-order valence-electron chi connectivity index (χ0n) is 10.1. The summed E-state index contributed by atoms with van der Waals surface area (Å²) < 4.78 is 6.04. The van der Waals surface area contributed by atoms with Gasteiger partial charge in [-0.2, -0.15) is 0 Å². The molecule has 0 aliphatic rings. The normalized spacial score (nSPS) is 10.0. The summed E-state index contributed by atoms with van der Waals surface area (Å²) in [5.41, 5.74) is 1.44. The minimum absolute atomic E-state index is 0.00548. The van der Waals surface area contributed by atoms with Crippen molar-refractivity contribution < 1.29 is 14.6 Å². The molecule has 98 valence electrons.